The van der Waals surface area contributed by atoms with Crippen LogP contribution in [0.25, 0.3) is 6.08 Å². The summed E-state index contributed by atoms with van der Waals surface area (Å²) >= 11 is 0. The minimum Gasteiger partial charge on any atom is -0.478 e. The smallest absolute Gasteiger partial charge is 0.231 e. The van der Waals surface area contributed by atoms with Gasteiger partial charge in [0.05, 0.1) is 11.1 Å². The van der Waals surface area contributed by atoms with E-state index in [1.165, 1.54) is 11.1 Å². The van der Waals surface area contributed by atoms with Gasteiger partial charge in [-0.2, -0.15) is 0 Å². The summed E-state index contributed by atoms with van der Waals surface area (Å²) in [6.45, 7) is 9.90. The minimum atomic E-state index is -0.0825. The van der Waals surface area contributed by atoms with Crippen molar-refractivity contribution in [2.75, 3.05) is 6.73 Å². The summed E-state index contributed by atoms with van der Waals surface area (Å²) in [5.74, 6) is 1.69. The van der Waals surface area contributed by atoms with E-state index in [9.17, 15) is 4.79 Å². The number of hydrogen-bond acceptors (Lipinski definition) is 4. The zero-order valence-electron chi connectivity index (χ0n) is 19.6. The molecule has 2 heterocycles. The number of ketones is 1. The Labute approximate surface area is 195 Å². The third-order valence-electron chi connectivity index (χ3n) is 6.55. The predicted octanol–water partition coefficient (Wildman–Crippen LogP) is 6.51. The van der Waals surface area contributed by atoms with E-state index >= 15 is 0 Å². The minimum absolute atomic E-state index is 0.0825. The fraction of sp³-hybridized carbons (Fsp3) is 0.276. The molecule has 0 radical (unpaired) electrons. The first-order valence-electron chi connectivity index (χ1n) is 11.4. The van der Waals surface area contributed by atoms with Gasteiger partial charge in [0, 0.05) is 12.6 Å². The topological polar surface area (TPSA) is 38.8 Å². The average molecular weight is 440 g/mol. The molecule has 5 rings (SSSR count). The lowest BCUT2D eigenvalue weighted by Gasteiger charge is -2.34. The number of carbonyl (C=O) groups is 1. The van der Waals surface area contributed by atoms with Crippen molar-refractivity contribution in [2.24, 2.45) is 0 Å². The molecule has 0 amide bonds. The van der Waals surface area contributed by atoms with Gasteiger partial charge in [-0.1, -0.05) is 75.4 Å². The number of allylic oxidation sites excluding steroid dienone is 1. The van der Waals surface area contributed by atoms with Crippen LogP contribution in [0.4, 0.5) is 0 Å². The average Bonchev–Trinajstić information content (AvgIpc) is 3.14. The van der Waals surface area contributed by atoms with Crippen molar-refractivity contribution in [3.63, 3.8) is 0 Å². The number of nitrogens with zero attached hydrogens (tertiary/aromatic N) is 1. The van der Waals surface area contributed by atoms with Crippen LogP contribution >= 0.6 is 0 Å². The summed E-state index contributed by atoms with van der Waals surface area (Å²) in [7, 11) is 0. The second-order valence-corrected chi connectivity index (χ2v) is 9.84. The van der Waals surface area contributed by atoms with Crippen LogP contribution in [0.5, 0.6) is 11.5 Å². The van der Waals surface area contributed by atoms with Crippen molar-refractivity contribution in [3.05, 3.63) is 100 Å². The van der Waals surface area contributed by atoms with Crippen LogP contribution in [-0.2, 0) is 12.0 Å². The first kappa shape index (κ1) is 21.5. The van der Waals surface area contributed by atoms with Crippen LogP contribution < -0.4 is 9.47 Å². The first-order chi connectivity index (χ1) is 15.8. The van der Waals surface area contributed by atoms with Crippen LogP contribution in [0, 0.1) is 0 Å². The fourth-order valence-electron chi connectivity index (χ4n) is 4.40. The molecule has 0 aliphatic carbocycles. The lowest BCUT2D eigenvalue weighted by Crippen LogP contribution is -2.34. The van der Waals surface area contributed by atoms with E-state index < -0.39 is 0 Å². The lowest BCUT2D eigenvalue weighted by molar-refractivity contribution is 0.0606. The first-order valence-corrected chi connectivity index (χ1v) is 11.4. The van der Waals surface area contributed by atoms with Crippen LogP contribution in [0.3, 0.4) is 0 Å². The molecule has 168 valence electrons. The number of fused-ring (bicyclic) bond motifs is 3. The Balaban J connectivity index is 1.42. The SMILES string of the molecule is CC(c1ccccc1)N1COc2ccc3c(c2C1)O/C(=C\c1ccc(C(C)(C)C)cc1)C3=O. The number of rotatable bonds is 3. The molecule has 4 nitrogen and oxygen atoms in total. The summed E-state index contributed by atoms with van der Waals surface area (Å²) in [6.07, 6.45) is 1.83. The van der Waals surface area contributed by atoms with Gasteiger partial charge in [-0.25, -0.2) is 0 Å². The van der Waals surface area contributed by atoms with Gasteiger partial charge in [-0.05, 0) is 47.2 Å². The van der Waals surface area contributed by atoms with Gasteiger partial charge in [0.2, 0.25) is 5.78 Å². The molecule has 3 aromatic carbocycles. The molecule has 0 saturated heterocycles. The largest absolute Gasteiger partial charge is 0.478 e. The van der Waals surface area contributed by atoms with Crippen molar-refractivity contribution in [1.29, 1.82) is 0 Å². The molecular formula is C29H29NO3. The molecule has 2 aliphatic heterocycles. The Bertz CT molecular complexity index is 1220. The highest BCUT2D eigenvalue weighted by atomic mass is 16.5. The van der Waals surface area contributed by atoms with Gasteiger partial charge < -0.3 is 9.47 Å². The summed E-state index contributed by atoms with van der Waals surface area (Å²) in [4.78, 5) is 15.4. The van der Waals surface area contributed by atoms with Gasteiger partial charge in [0.15, 0.2) is 5.76 Å². The lowest BCUT2D eigenvalue weighted by atomic mass is 9.86. The normalized spacial score (nSPS) is 17.8. The maximum absolute atomic E-state index is 13.1. The van der Waals surface area contributed by atoms with E-state index in [0.717, 1.165) is 16.9 Å². The van der Waals surface area contributed by atoms with E-state index in [4.69, 9.17) is 9.47 Å². The Morgan fingerprint density at radius 1 is 0.970 bits per heavy atom. The number of benzene rings is 3. The number of carbonyl (C=O) groups excluding carboxylic acids is 1. The quantitative estimate of drug-likeness (QED) is 0.436. The van der Waals surface area contributed by atoms with Crippen LogP contribution in [0.1, 0.15) is 66.3 Å². The molecule has 0 aromatic heterocycles. The van der Waals surface area contributed by atoms with Crippen molar-refractivity contribution >= 4 is 11.9 Å². The highest BCUT2D eigenvalue weighted by molar-refractivity contribution is 6.15. The summed E-state index contributed by atoms with van der Waals surface area (Å²) in [6, 6.07) is 22.6. The molecule has 33 heavy (non-hydrogen) atoms. The third kappa shape index (κ3) is 4.07. The van der Waals surface area contributed by atoms with E-state index in [-0.39, 0.29) is 17.2 Å². The third-order valence-corrected chi connectivity index (χ3v) is 6.55. The van der Waals surface area contributed by atoms with E-state index in [2.05, 4.69) is 69.0 Å². The summed E-state index contributed by atoms with van der Waals surface area (Å²) in [5.41, 5.74) is 5.05. The Morgan fingerprint density at radius 2 is 1.70 bits per heavy atom. The van der Waals surface area contributed by atoms with Gasteiger partial charge in [0.25, 0.3) is 0 Å². The molecule has 0 saturated carbocycles. The summed E-state index contributed by atoms with van der Waals surface area (Å²) < 4.78 is 12.2. The highest BCUT2D eigenvalue weighted by Gasteiger charge is 2.34. The predicted molar refractivity (Wildman–Crippen MR) is 130 cm³/mol. The zero-order valence-corrected chi connectivity index (χ0v) is 19.6. The number of hydrogen-bond donors (Lipinski definition) is 0. The van der Waals surface area contributed by atoms with Gasteiger partial charge in [-0.15, -0.1) is 0 Å². The van der Waals surface area contributed by atoms with Crippen LogP contribution in [0.2, 0.25) is 0 Å². The Kier molecular flexibility index (Phi) is 5.34. The molecule has 0 bridgehead atoms. The molecule has 1 unspecified atom stereocenters. The molecule has 4 heteroatoms. The van der Waals surface area contributed by atoms with E-state index in [0.29, 0.717) is 30.3 Å². The van der Waals surface area contributed by atoms with E-state index in [1.54, 1.807) is 0 Å². The second kappa shape index (κ2) is 8.20. The standard InChI is InChI=1S/C29H29NO3/c1-19(21-8-6-5-7-9-21)30-17-24-25(32-18-30)15-14-23-27(31)26(33-28(23)24)16-20-10-12-22(13-11-20)29(2,3)4/h5-16,19H,17-18H2,1-4H3/b26-16-. The molecule has 3 aromatic rings. The van der Waals surface area contributed by atoms with Crippen LogP contribution in [-0.4, -0.2) is 17.4 Å². The summed E-state index contributed by atoms with van der Waals surface area (Å²) in [5, 5.41) is 0. The molecule has 0 spiro atoms. The maximum atomic E-state index is 13.1. The fourth-order valence-corrected chi connectivity index (χ4v) is 4.40. The molecule has 2 aliphatic rings. The van der Waals surface area contributed by atoms with Gasteiger partial charge >= 0.3 is 0 Å². The highest BCUT2D eigenvalue weighted by Crippen LogP contribution is 2.43. The molecule has 1 atom stereocenters. The molecule has 0 fully saturated rings. The Morgan fingerprint density at radius 3 is 2.39 bits per heavy atom. The molecular weight excluding hydrogens is 410 g/mol. The van der Waals surface area contributed by atoms with Crippen molar-refractivity contribution in [1.82, 2.24) is 4.90 Å². The number of ether oxygens (including phenoxy) is 2. The van der Waals surface area contributed by atoms with Crippen molar-refractivity contribution in [3.8, 4) is 11.5 Å². The second-order valence-electron chi connectivity index (χ2n) is 9.84. The zero-order chi connectivity index (χ0) is 23.2. The maximum Gasteiger partial charge on any atom is 0.231 e. The molecule has 0 N–H and O–H groups in total. The van der Waals surface area contributed by atoms with Gasteiger partial charge in [-0.3, -0.25) is 9.69 Å². The van der Waals surface area contributed by atoms with Crippen molar-refractivity contribution < 1.29 is 14.3 Å². The van der Waals surface area contributed by atoms with Crippen LogP contribution in [0.15, 0.2) is 72.5 Å². The number of Topliss-reactive ketones (excluding diaryl/α,β-unsaturated/α-hetero) is 1. The Hall–Kier alpha value is -3.37. The van der Waals surface area contributed by atoms with Crippen molar-refractivity contribution in [2.45, 2.75) is 45.7 Å². The van der Waals surface area contributed by atoms with Gasteiger partial charge in [0.1, 0.15) is 18.2 Å². The van der Waals surface area contributed by atoms with E-state index in [1.807, 2.05) is 36.4 Å². The monoisotopic (exact) mass is 439 g/mol.